The Morgan fingerprint density at radius 3 is 2.78 bits per heavy atom. The molecule has 0 spiro atoms. The summed E-state index contributed by atoms with van der Waals surface area (Å²) in [5.41, 5.74) is 1.29. The number of carbonyl (C=O) groups is 2. The molecule has 2 heterocycles. The highest BCUT2D eigenvalue weighted by Crippen LogP contribution is 2.45. The van der Waals surface area contributed by atoms with Crippen molar-refractivity contribution in [3.63, 3.8) is 0 Å². The first-order valence-electron chi connectivity index (χ1n) is 11.0. The number of aliphatic hydroxyl groups excluding tert-OH is 1. The molecule has 2 amide bonds. The molecule has 0 bridgehead atoms. The van der Waals surface area contributed by atoms with E-state index in [9.17, 15) is 14.7 Å². The van der Waals surface area contributed by atoms with Gasteiger partial charge >= 0.3 is 0 Å². The van der Waals surface area contributed by atoms with Crippen molar-refractivity contribution in [2.24, 2.45) is 5.92 Å². The molecule has 0 aliphatic carbocycles. The number of nitrogens with zero attached hydrogens (tertiary/aromatic N) is 2. The summed E-state index contributed by atoms with van der Waals surface area (Å²) in [6, 6.07) is 15.0. The molecule has 2 atom stereocenters. The highest BCUT2D eigenvalue weighted by atomic mass is 16.3. The van der Waals surface area contributed by atoms with Crippen LogP contribution in [0.1, 0.15) is 24.5 Å². The van der Waals surface area contributed by atoms with Crippen molar-refractivity contribution in [1.82, 2.24) is 5.32 Å². The summed E-state index contributed by atoms with van der Waals surface area (Å²) < 4.78 is 0. The molecule has 32 heavy (non-hydrogen) atoms. The van der Waals surface area contributed by atoms with E-state index in [0.717, 1.165) is 17.8 Å². The second kappa shape index (κ2) is 9.24. The number of fused-ring (bicyclic) bond motifs is 1. The quantitative estimate of drug-likeness (QED) is 0.578. The van der Waals surface area contributed by atoms with E-state index in [1.165, 1.54) is 0 Å². The average Bonchev–Trinajstić information content (AvgIpc) is 3.02. The second-order valence-corrected chi connectivity index (χ2v) is 8.30. The first kappa shape index (κ1) is 22.2. The summed E-state index contributed by atoms with van der Waals surface area (Å²) in [5.74, 6) is -0.810. The summed E-state index contributed by atoms with van der Waals surface area (Å²) in [7, 11) is 0. The van der Waals surface area contributed by atoms with Gasteiger partial charge in [-0.25, -0.2) is 0 Å². The van der Waals surface area contributed by atoms with Crippen LogP contribution in [0.15, 0.2) is 60.7 Å². The monoisotopic (exact) mass is 435 g/mol. The third kappa shape index (κ3) is 3.95. The van der Waals surface area contributed by atoms with Crippen LogP contribution in [0.3, 0.4) is 0 Å². The maximum absolute atomic E-state index is 13.5. The number of rotatable bonds is 7. The largest absolute Gasteiger partial charge is 0.396 e. The molecule has 3 N–H and O–H groups in total. The lowest BCUT2D eigenvalue weighted by atomic mass is 9.83. The second-order valence-electron chi connectivity index (χ2n) is 8.30. The third-order valence-electron chi connectivity index (χ3n) is 6.21. The zero-order chi connectivity index (χ0) is 22.7. The van der Waals surface area contributed by atoms with E-state index < -0.39 is 11.5 Å². The smallest absolute Gasteiger partial charge is 0.264 e. The van der Waals surface area contributed by atoms with Crippen molar-refractivity contribution >= 4 is 23.2 Å². The highest BCUT2D eigenvalue weighted by Gasteiger charge is 2.52. The third-order valence-corrected chi connectivity index (χ3v) is 6.21. The van der Waals surface area contributed by atoms with Crippen LogP contribution in [0.5, 0.6) is 0 Å². The van der Waals surface area contributed by atoms with Gasteiger partial charge in [0.15, 0.2) is 5.60 Å². The van der Waals surface area contributed by atoms with Gasteiger partial charge in [-0.1, -0.05) is 49.4 Å². The summed E-state index contributed by atoms with van der Waals surface area (Å²) in [6.07, 6.45) is 4.04. The summed E-state index contributed by atoms with van der Waals surface area (Å²) >= 11 is 0. The lowest BCUT2D eigenvalue weighted by molar-refractivity contribution is -0.139. The van der Waals surface area contributed by atoms with Crippen molar-refractivity contribution in [2.45, 2.75) is 25.5 Å². The number of hydrogen-bond donors (Lipinski definition) is 3. The number of carbonyl (C=O) groups excluding carboxylic acids is 2. The van der Waals surface area contributed by atoms with Gasteiger partial charge in [-0.2, -0.15) is 0 Å². The fraction of sp³-hybridized carbons (Fsp3) is 0.360. The molecular weight excluding hydrogens is 406 g/mol. The zero-order valence-corrected chi connectivity index (χ0v) is 18.2. The van der Waals surface area contributed by atoms with Crippen LogP contribution in [-0.4, -0.2) is 48.3 Å². The lowest BCUT2D eigenvalue weighted by Crippen LogP contribution is -2.48. The molecule has 4 rings (SSSR count). The van der Waals surface area contributed by atoms with Gasteiger partial charge in [-0.3, -0.25) is 9.59 Å². The van der Waals surface area contributed by atoms with Crippen LogP contribution in [0.25, 0.3) is 0 Å². The Labute approximate surface area is 188 Å². The van der Waals surface area contributed by atoms with E-state index in [0.29, 0.717) is 37.3 Å². The number of amides is 2. The van der Waals surface area contributed by atoms with Gasteiger partial charge in [-0.15, -0.1) is 0 Å². The van der Waals surface area contributed by atoms with Gasteiger partial charge in [-0.05, 0) is 30.2 Å². The molecule has 2 aromatic rings. The fourth-order valence-corrected chi connectivity index (χ4v) is 4.46. The van der Waals surface area contributed by atoms with E-state index in [-0.39, 0.29) is 18.4 Å². The molecule has 1 fully saturated rings. The summed E-state index contributed by atoms with van der Waals surface area (Å²) in [6.45, 7) is 3.77. The average molecular weight is 436 g/mol. The number of benzene rings is 2. The molecule has 0 unspecified atom stereocenters. The van der Waals surface area contributed by atoms with Crippen LogP contribution < -0.4 is 15.1 Å². The normalized spacial score (nSPS) is 22.0. The molecule has 168 valence electrons. The summed E-state index contributed by atoms with van der Waals surface area (Å²) in [4.78, 5) is 29.2. The molecule has 0 saturated carbocycles. The van der Waals surface area contributed by atoms with Crippen molar-refractivity contribution in [3.05, 3.63) is 71.8 Å². The number of anilines is 2. The highest BCUT2D eigenvalue weighted by molar-refractivity contribution is 6.07. The number of hydrogen-bond acceptors (Lipinski definition) is 5. The Bertz CT molecular complexity index is 1040. The Hall–Kier alpha value is -3.00. The molecule has 1 saturated heterocycles. The van der Waals surface area contributed by atoms with E-state index in [1.54, 1.807) is 28.0 Å². The number of nitrogens with one attached hydrogen (secondary N) is 1. The molecule has 0 aromatic heterocycles. The minimum Gasteiger partial charge on any atom is -0.396 e. The van der Waals surface area contributed by atoms with Crippen LogP contribution in [0.4, 0.5) is 11.4 Å². The van der Waals surface area contributed by atoms with Crippen LogP contribution in [0.2, 0.25) is 0 Å². The lowest BCUT2D eigenvalue weighted by Gasteiger charge is -2.29. The van der Waals surface area contributed by atoms with Gasteiger partial charge in [0.05, 0.1) is 18.8 Å². The Balaban J connectivity index is 1.63. The number of aliphatic hydroxyl groups is 2. The Morgan fingerprint density at radius 1 is 1.19 bits per heavy atom. The Morgan fingerprint density at radius 2 is 2.00 bits per heavy atom. The van der Waals surface area contributed by atoms with Crippen LogP contribution in [-0.2, 0) is 21.7 Å². The fourth-order valence-electron chi connectivity index (χ4n) is 4.46. The van der Waals surface area contributed by atoms with Gasteiger partial charge < -0.3 is 25.3 Å². The van der Waals surface area contributed by atoms with Crippen molar-refractivity contribution in [2.75, 3.05) is 36.0 Å². The van der Waals surface area contributed by atoms with Crippen LogP contribution >= 0.6 is 0 Å². The maximum Gasteiger partial charge on any atom is 0.264 e. The standard InChI is InChI=1S/C25H29N3O4/c1-18(7-4-5-14-29)25(32)21-10-2-3-11-22(21)28(24(25)31)17-19-8-6-9-20(15-19)27-13-12-26-16-23(27)30/h2-4,6-11,15,18,26,29,32H,5,12-14,16-17H2,1H3/b7-4+/t18-,25+/m0/s1. The molecule has 7 nitrogen and oxygen atoms in total. The topological polar surface area (TPSA) is 93.1 Å². The first-order valence-corrected chi connectivity index (χ1v) is 11.0. The predicted octanol–water partition coefficient (Wildman–Crippen LogP) is 1.93. The molecule has 2 aliphatic rings. The van der Waals surface area contributed by atoms with Crippen LogP contribution in [0, 0.1) is 5.92 Å². The zero-order valence-electron chi connectivity index (χ0n) is 18.2. The van der Waals surface area contributed by atoms with Gasteiger partial charge in [0.25, 0.3) is 5.91 Å². The van der Waals surface area contributed by atoms with E-state index in [2.05, 4.69) is 5.32 Å². The minimum atomic E-state index is -1.67. The van der Waals surface area contributed by atoms with E-state index >= 15 is 0 Å². The SMILES string of the molecule is C[C@@H](/C=C/CCO)[C@]1(O)C(=O)N(Cc2cccc(N3CCNCC3=O)c2)c2ccccc21. The maximum atomic E-state index is 13.5. The molecular formula is C25H29N3O4. The van der Waals surface area contributed by atoms with E-state index in [4.69, 9.17) is 5.11 Å². The molecule has 2 aromatic carbocycles. The predicted molar refractivity (Wildman–Crippen MR) is 123 cm³/mol. The molecule has 0 radical (unpaired) electrons. The summed E-state index contributed by atoms with van der Waals surface area (Å²) in [5, 5.41) is 23.7. The molecule has 7 heteroatoms. The van der Waals surface area contributed by atoms with Gasteiger partial charge in [0, 0.05) is 36.9 Å². The number of para-hydroxylation sites is 1. The minimum absolute atomic E-state index is 0.0181. The first-order chi connectivity index (χ1) is 15.5. The van der Waals surface area contributed by atoms with Gasteiger partial charge in [0.1, 0.15) is 0 Å². The Kier molecular flexibility index (Phi) is 6.41. The van der Waals surface area contributed by atoms with Crippen molar-refractivity contribution in [3.8, 4) is 0 Å². The van der Waals surface area contributed by atoms with E-state index in [1.807, 2.05) is 49.4 Å². The molecule has 2 aliphatic heterocycles. The van der Waals surface area contributed by atoms with Crippen molar-refractivity contribution < 1.29 is 19.8 Å². The number of piperazine rings is 1. The van der Waals surface area contributed by atoms with Gasteiger partial charge in [0.2, 0.25) is 5.91 Å². The van der Waals surface area contributed by atoms with Crippen molar-refractivity contribution in [1.29, 1.82) is 0 Å².